The molecule has 0 aliphatic carbocycles. The molecule has 7 heteroatoms. The molecule has 1 fully saturated rings. The number of amides is 1. The molecule has 0 radical (unpaired) electrons. The quantitative estimate of drug-likeness (QED) is 0.604. The molecule has 0 bridgehead atoms. The summed E-state index contributed by atoms with van der Waals surface area (Å²) >= 11 is 1.56. The standard InChI is InChI=1S/C17H20N2O4S/c1-3-11-4-5-13-12(8-11)15(20)16(21)19(13)10-18-6-7-24-14(9-18)17(22)23-2/h4-5,8,14H,3,6-7,9-10H2,1-2H3/t14-/m0/s1. The number of aryl methyl sites for hydroxylation is 1. The first-order valence-electron chi connectivity index (χ1n) is 7.96. The van der Waals surface area contributed by atoms with E-state index in [2.05, 4.69) is 0 Å². The summed E-state index contributed by atoms with van der Waals surface area (Å²) in [4.78, 5) is 39.9. The van der Waals surface area contributed by atoms with E-state index >= 15 is 0 Å². The van der Waals surface area contributed by atoms with Crippen LogP contribution in [0.25, 0.3) is 0 Å². The van der Waals surface area contributed by atoms with Gasteiger partial charge in [-0.15, -0.1) is 11.8 Å². The van der Waals surface area contributed by atoms with Crippen LogP contribution in [0.15, 0.2) is 18.2 Å². The smallest absolute Gasteiger partial charge is 0.320 e. The first-order chi connectivity index (χ1) is 11.5. The van der Waals surface area contributed by atoms with E-state index in [-0.39, 0.29) is 11.2 Å². The predicted octanol–water partition coefficient (Wildman–Crippen LogP) is 1.33. The zero-order valence-corrected chi connectivity index (χ0v) is 14.6. The van der Waals surface area contributed by atoms with Crippen molar-refractivity contribution in [3.05, 3.63) is 29.3 Å². The van der Waals surface area contributed by atoms with Crippen LogP contribution >= 0.6 is 11.8 Å². The lowest BCUT2D eigenvalue weighted by Gasteiger charge is -2.33. The molecular formula is C17H20N2O4S. The van der Waals surface area contributed by atoms with Gasteiger partial charge in [0, 0.05) is 18.8 Å². The van der Waals surface area contributed by atoms with Crippen molar-refractivity contribution in [1.29, 1.82) is 0 Å². The fourth-order valence-electron chi connectivity index (χ4n) is 3.01. The van der Waals surface area contributed by atoms with Gasteiger partial charge in [-0.2, -0.15) is 0 Å². The Balaban J connectivity index is 1.77. The van der Waals surface area contributed by atoms with Crippen LogP contribution in [-0.2, 0) is 20.7 Å². The number of hydrogen-bond acceptors (Lipinski definition) is 6. The van der Waals surface area contributed by atoms with Gasteiger partial charge in [-0.3, -0.25) is 24.2 Å². The molecule has 1 atom stereocenters. The van der Waals surface area contributed by atoms with Crippen LogP contribution in [0.4, 0.5) is 5.69 Å². The highest BCUT2D eigenvalue weighted by atomic mass is 32.2. The maximum Gasteiger partial charge on any atom is 0.320 e. The summed E-state index contributed by atoms with van der Waals surface area (Å²) in [5.74, 6) is -0.402. The minimum atomic E-state index is -0.494. The highest BCUT2D eigenvalue weighted by molar-refractivity contribution is 8.00. The number of benzene rings is 1. The van der Waals surface area contributed by atoms with E-state index in [0.717, 1.165) is 24.3 Å². The number of thioether (sulfide) groups is 1. The Morgan fingerprint density at radius 1 is 1.38 bits per heavy atom. The summed E-state index contributed by atoms with van der Waals surface area (Å²) in [5, 5.41) is -0.251. The van der Waals surface area contributed by atoms with E-state index < -0.39 is 11.7 Å². The van der Waals surface area contributed by atoms with Gasteiger partial charge in [0.05, 0.1) is 25.0 Å². The number of carbonyl (C=O) groups excluding carboxylic acids is 3. The van der Waals surface area contributed by atoms with E-state index in [9.17, 15) is 14.4 Å². The number of Topliss-reactive ketones (excluding diaryl/α,β-unsaturated/α-hetero) is 1. The Hall–Kier alpha value is -1.86. The molecule has 2 heterocycles. The summed E-state index contributed by atoms with van der Waals surface area (Å²) in [6.07, 6.45) is 0.818. The van der Waals surface area contributed by atoms with Crippen molar-refractivity contribution in [3.8, 4) is 0 Å². The second kappa shape index (κ2) is 6.94. The second-order valence-electron chi connectivity index (χ2n) is 5.87. The maximum atomic E-state index is 12.4. The number of esters is 1. The van der Waals surface area contributed by atoms with Gasteiger partial charge >= 0.3 is 11.9 Å². The summed E-state index contributed by atoms with van der Waals surface area (Å²) in [6.45, 7) is 3.60. The van der Waals surface area contributed by atoms with Crippen molar-refractivity contribution in [2.24, 2.45) is 0 Å². The molecular weight excluding hydrogens is 328 g/mol. The van der Waals surface area contributed by atoms with Crippen LogP contribution in [0.2, 0.25) is 0 Å². The monoisotopic (exact) mass is 348 g/mol. The van der Waals surface area contributed by atoms with Gasteiger partial charge in [-0.25, -0.2) is 0 Å². The number of fused-ring (bicyclic) bond motifs is 1. The Morgan fingerprint density at radius 2 is 2.17 bits per heavy atom. The van der Waals surface area contributed by atoms with Gasteiger partial charge in [-0.05, 0) is 24.1 Å². The molecule has 1 aromatic carbocycles. The maximum absolute atomic E-state index is 12.4. The van der Waals surface area contributed by atoms with Crippen molar-refractivity contribution >= 4 is 35.1 Å². The summed E-state index contributed by atoms with van der Waals surface area (Å²) < 4.78 is 4.81. The van der Waals surface area contributed by atoms with E-state index in [0.29, 0.717) is 24.5 Å². The second-order valence-corrected chi connectivity index (χ2v) is 7.18. The molecule has 24 heavy (non-hydrogen) atoms. The Labute approximate surface area is 145 Å². The summed E-state index contributed by atoms with van der Waals surface area (Å²) in [7, 11) is 1.38. The van der Waals surface area contributed by atoms with Gasteiger partial charge in [-0.1, -0.05) is 13.0 Å². The van der Waals surface area contributed by atoms with E-state index in [4.69, 9.17) is 4.74 Å². The fraction of sp³-hybridized carbons (Fsp3) is 0.471. The lowest BCUT2D eigenvalue weighted by atomic mass is 10.1. The lowest BCUT2D eigenvalue weighted by molar-refractivity contribution is -0.140. The van der Waals surface area contributed by atoms with Gasteiger partial charge < -0.3 is 4.74 Å². The van der Waals surface area contributed by atoms with Crippen LogP contribution in [0.1, 0.15) is 22.8 Å². The summed E-state index contributed by atoms with van der Waals surface area (Å²) in [6, 6.07) is 5.59. The molecule has 2 aliphatic heterocycles. The minimum absolute atomic E-state index is 0.249. The molecule has 3 rings (SSSR count). The van der Waals surface area contributed by atoms with Crippen molar-refractivity contribution < 1.29 is 19.1 Å². The van der Waals surface area contributed by atoms with Crippen LogP contribution in [0.5, 0.6) is 0 Å². The molecule has 2 aliphatic rings. The number of nitrogens with zero attached hydrogens (tertiary/aromatic N) is 2. The van der Waals surface area contributed by atoms with Crippen LogP contribution < -0.4 is 4.90 Å². The van der Waals surface area contributed by atoms with Crippen LogP contribution in [0.3, 0.4) is 0 Å². The summed E-state index contributed by atoms with van der Waals surface area (Å²) in [5.41, 5.74) is 2.18. The minimum Gasteiger partial charge on any atom is -0.468 e. The molecule has 0 unspecified atom stereocenters. The molecule has 0 aromatic heterocycles. The number of methoxy groups -OCH3 is 1. The molecule has 1 saturated heterocycles. The highest BCUT2D eigenvalue weighted by Crippen LogP contribution is 2.31. The largest absolute Gasteiger partial charge is 0.468 e. The molecule has 1 amide bonds. The number of carbonyl (C=O) groups is 3. The van der Waals surface area contributed by atoms with Gasteiger partial charge in [0.15, 0.2) is 0 Å². The van der Waals surface area contributed by atoms with Gasteiger partial charge in [0.2, 0.25) is 0 Å². The van der Waals surface area contributed by atoms with E-state index in [1.54, 1.807) is 17.8 Å². The van der Waals surface area contributed by atoms with Crippen molar-refractivity contribution in [2.45, 2.75) is 18.6 Å². The predicted molar refractivity (Wildman–Crippen MR) is 92.3 cm³/mol. The third-order valence-electron chi connectivity index (χ3n) is 4.40. The zero-order valence-electron chi connectivity index (χ0n) is 13.8. The highest BCUT2D eigenvalue weighted by Gasteiger charge is 2.38. The molecule has 0 spiro atoms. The average molecular weight is 348 g/mol. The first kappa shape index (κ1) is 17.0. The molecule has 0 saturated carbocycles. The van der Waals surface area contributed by atoms with Crippen molar-refractivity contribution in [2.75, 3.05) is 37.5 Å². The first-order valence-corrected chi connectivity index (χ1v) is 9.01. The van der Waals surface area contributed by atoms with E-state index in [1.807, 2.05) is 24.0 Å². The number of ketones is 1. The molecule has 1 aromatic rings. The van der Waals surface area contributed by atoms with Crippen LogP contribution in [-0.4, -0.2) is 60.4 Å². The molecule has 0 N–H and O–H groups in total. The number of anilines is 1. The fourth-order valence-corrected chi connectivity index (χ4v) is 4.21. The molecule has 128 valence electrons. The van der Waals surface area contributed by atoms with Crippen molar-refractivity contribution in [1.82, 2.24) is 4.90 Å². The molecule has 6 nitrogen and oxygen atoms in total. The third kappa shape index (κ3) is 3.06. The Kier molecular flexibility index (Phi) is 4.91. The van der Waals surface area contributed by atoms with Crippen LogP contribution in [0, 0.1) is 0 Å². The third-order valence-corrected chi connectivity index (χ3v) is 5.56. The number of hydrogen-bond donors (Lipinski definition) is 0. The average Bonchev–Trinajstić information content (AvgIpc) is 2.85. The lowest BCUT2D eigenvalue weighted by Crippen LogP contribution is -2.48. The van der Waals surface area contributed by atoms with E-state index in [1.165, 1.54) is 12.0 Å². The van der Waals surface area contributed by atoms with Gasteiger partial charge in [0.1, 0.15) is 5.25 Å². The SMILES string of the molecule is CCc1ccc2c(c1)C(=O)C(=O)N2CN1CCS[C@H](C(=O)OC)C1. The van der Waals surface area contributed by atoms with Gasteiger partial charge in [0.25, 0.3) is 5.78 Å². The normalized spacial score (nSPS) is 21.1. The Bertz CT molecular complexity index is 691. The number of ether oxygens (including phenoxy) is 1. The topological polar surface area (TPSA) is 66.9 Å². The van der Waals surface area contributed by atoms with Crippen molar-refractivity contribution in [3.63, 3.8) is 0 Å². The zero-order chi connectivity index (χ0) is 17.3. The number of rotatable bonds is 4. The Morgan fingerprint density at radius 3 is 2.88 bits per heavy atom.